The van der Waals surface area contributed by atoms with Crippen molar-refractivity contribution in [2.24, 2.45) is 52.3 Å². The highest BCUT2D eigenvalue weighted by Gasteiger charge is 2.59. The van der Waals surface area contributed by atoms with Crippen LogP contribution in [0.4, 0.5) is 0 Å². The zero-order valence-corrected chi connectivity index (χ0v) is 26.8. The van der Waals surface area contributed by atoms with Crippen LogP contribution in [-0.2, 0) is 19.1 Å². The molecule has 0 aromatic carbocycles. The Bertz CT molecular complexity index is 898. The van der Waals surface area contributed by atoms with Gasteiger partial charge in [-0.15, -0.1) is 0 Å². The molecule has 0 aliphatic heterocycles. The fourth-order valence-corrected chi connectivity index (χ4v) is 9.58. The molecule has 0 amide bonds. The van der Waals surface area contributed by atoms with Gasteiger partial charge in [0.2, 0.25) is 0 Å². The number of nitrogens with zero attached hydrogens (tertiary/aromatic N) is 1. The van der Waals surface area contributed by atoms with Crippen molar-refractivity contribution in [3.8, 4) is 0 Å². The van der Waals surface area contributed by atoms with Gasteiger partial charge in [0.25, 0.3) is 0 Å². The van der Waals surface area contributed by atoms with Gasteiger partial charge in [0.15, 0.2) is 0 Å². The number of carbonyl (C=O) groups is 2. The molecule has 5 heteroatoms. The Morgan fingerprint density at radius 3 is 2.33 bits per heavy atom. The summed E-state index contributed by atoms with van der Waals surface area (Å²) >= 11 is 0. The first-order valence-electron chi connectivity index (χ1n) is 16.6. The molecule has 4 aliphatic rings. The Kier molecular flexibility index (Phi) is 10.5. The van der Waals surface area contributed by atoms with E-state index in [0.29, 0.717) is 35.8 Å². The van der Waals surface area contributed by atoms with Crippen LogP contribution < -0.4 is 0 Å². The lowest BCUT2D eigenvalue weighted by atomic mass is 9.46. The van der Waals surface area contributed by atoms with Gasteiger partial charge < -0.3 is 14.4 Å². The first-order valence-corrected chi connectivity index (χ1v) is 16.6. The molecule has 3 fully saturated rings. The second-order valence-corrected chi connectivity index (χ2v) is 15.2. The molecule has 4 aliphatic carbocycles. The molecular weight excluding hydrogens is 498 g/mol. The maximum atomic E-state index is 12.6. The number of ether oxygens (including phenoxy) is 2. The number of rotatable bonds is 12. The maximum Gasteiger partial charge on any atom is 0.306 e. The zero-order chi connectivity index (χ0) is 29.1. The molecule has 40 heavy (non-hydrogen) atoms. The van der Waals surface area contributed by atoms with Crippen molar-refractivity contribution < 1.29 is 19.1 Å². The van der Waals surface area contributed by atoms with E-state index in [-0.39, 0.29) is 30.9 Å². The van der Waals surface area contributed by atoms with E-state index in [1.165, 1.54) is 44.9 Å². The van der Waals surface area contributed by atoms with Gasteiger partial charge in [0.1, 0.15) is 12.7 Å². The van der Waals surface area contributed by atoms with Gasteiger partial charge in [0, 0.05) is 6.54 Å². The first-order chi connectivity index (χ1) is 18.9. The highest BCUT2D eigenvalue weighted by atomic mass is 16.5. The van der Waals surface area contributed by atoms with Crippen LogP contribution in [0.1, 0.15) is 112 Å². The first kappa shape index (κ1) is 31.6. The molecule has 228 valence electrons. The van der Waals surface area contributed by atoms with E-state index < -0.39 is 0 Å². The normalized spacial score (nSPS) is 37.5. The largest absolute Gasteiger partial charge is 0.464 e. The summed E-state index contributed by atoms with van der Waals surface area (Å²) < 4.78 is 11.1. The fourth-order valence-electron chi connectivity index (χ4n) is 9.58. The molecule has 0 saturated heterocycles. The smallest absolute Gasteiger partial charge is 0.306 e. The molecule has 5 nitrogen and oxygen atoms in total. The molecule has 0 spiro atoms. The minimum absolute atomic E-state index is 0.0343. The van der Waals surface area contributed by atoms with Crippen LogP contribution in [0.2, 0.25) is 0 Å². The topological polar surface area (TPSA) is 55.8 Å². The summed E-state index contributed by atoms with van der Waals surface area (Å²) in [6.45, 7) is 13.5. The summed E-state index contributed by atoms with van der Waals surface area (Å²) in [4.78, 5) is 26.5. The summed E-state index contributed by atoms with van der Waals surface area (Å²) in [5, 5.41) is 0. The molecule has 3 saturated carbocycles. The van der Waals surface area contributed by atoms with Crippen molar-refractivity contribution in [3.63, 3.8) is 0 Å². The Morgan fingerprint density at radius 1 is 0.900 bits per heavy atom. The van der Waals surface area contributed by atoms with E-state index in [0.717, 1.165) is 48.9 Å². The van der Waals surface area contributed by atoms with Gasteiger partial charge in [-0.05, 0) is 111 Å². The lowest BCUT2D eigenvalue weighted by molar-refractivity contribution is -0.158. The van der Waals surface area contributed by atoms with E-state index >= 15 is 0 Å². The second kappa shape index (κ2) is 13.3. The van der Waals surface area contributed by atoms with Crippen molar-refractivity contribution in [2.75, 3.05) is 27.2 Å². The van der Waals surface area contributed by atoms with Crippen LogP contribution in [0.5, 0.6) is 0 Å². The lowest BCUT2D eigenvalue weighted by Gasteiger charge is -2.59. The summed E-state index contributed by atoms with van der Waals surface area (Å²) in [6, 6.07) is 0. The number of carbonyl (C=O) groups excluding carboxylic acids is 2. The molecule has 0 bridgehead atoms. The number of esters is 2. The van der Waals surface area contributed by atoms with Gasteiger partial charge in [0.05, 0.1) is 12.8 Å². The number of hydrogen-bond acceptors (Lipinski definition) is 5. The average Bonchev–Trinajstić information content (AvgIpc) is 3.24. The predicted octanol–water partition coefficient (Wildman–Crippen LogP) is 7.68. The Morgan fingerprint density at radius 2 is 1.60 bits per heavy atom. The third-order valence-electron chi connectivity index (χ3n) is 11.9. The Balaban J connectivity index is 1.30. The maximum absolute atomic E-state index is 12.6. The van der Waals surface area contributed by atoms with E-state index in [1.807, 2.05) is 19.0 Å². The summed E-state index contributed by atoms with van der Waals surface area (Å²) in [6.07, 6.45) is 18.0. The number of allylic oxidation sites excluding steroid dienone is 2. The van der Waals surface area contributed by atoms with Crippen LogP contribution in [0.25, 0.3) is 0 Å². The Labute approximate surface area is 245 Å². The number of likely N-dealkylation sites (N-methyl/N-ethyl adjacent to an activating group) is 1. The highest BCUT2D eigenvalue weighted by molar-refractivity contribution is 5.77. The number of hydrogen-bond donors (Lipinski definition) is 0. The average molecular weight is 558 g/mol. The molecular formula is C35H59NO4. The molecule has 9 unspecified atom stereocenters. The fraction of sp³-hybridized carbons (Fsp3) is 0.886. The highest BCUT2D eigenvalue weighted by Crippen LogP contribution is 2.67. The van der Waals surface area contributed by atoms with E-state index in [1.54, 1.807) is 0 Å². The molecule has 4 rings (SSSR count). The van der Waals surface area contributed by atoms with Crippen LogP contribution in [0, 0.1) is 52.3 Å². The molecule has 9 atom stereocenters. The van der Waals surface area contributed by atoms with Crippen molar-refractivity contribution in [1.82, 2.24) is 4.90 Å². The van der Waals surface area contributed by atoms with Crippen molar-refractivity contribution in [2.45, 2.75) is 118 Å². The third kappa shape index (κ3) is 6.98. The van der Waals surface area contributed by atoms with Crippen LogP contribution in [-0.4, -0.2) is 50.2 Å². The third-order valence-corrected chi connectivity index (χ3v) is 11.9. The van der Waals surface area contributed by atoms with E-state index in [2.05, 4.69) is 46.8 Å². The SMILES string of the molecule is CC(C)CCCC(C)C1CCC2C3C=CC4CC(OC(=O)CCC(=O)OCCN(C)C)CCC4(C)C3CCC12C. The molecule has 0 aromatic heterocycles. The van der Waals surface area contributed by atoms with Gasteiger partial charge in [-0.25, -0.2) is 0 Å². The van der Waals surface area contributed by atoms with Gasteiger partial charge >= 0.3 is 11.9 Å². The second-order valence-electron chi connectivity index (χ2n) is 15.2. The van der Waals surface area contributed by atoms with Gasteiger partial charge in [-0.3, -0.25) is 9.59 Å². The predicted molar refractivity (Wildman–Crippen MR) is 162 cm³/mol. The van der Waals surface area contributed by atoms with Crippen LogP contribution in [0.3, 0.4) is 0 Å². The van der Waals surface area contributed by atoms with E-state index in [4.69, 9.17) is 9.47 Å². The van der Waals surface area contributed by atoms with Gasteiger partial charge in [-0.2, -0.15) is 0 Å². The van der Waals surface area contributed by atoms with Crippen LogP contribution in [0.15, 0.2) is 12.2 Å². The Hall–Kier alpha value is -1.36. The summed E-state index contributed by atoms with van der Waals surface area (Å²) in [5.41, 5.74) is 0.799. The molecule has 0 heterocycles. The minimum atomic E-state index is -0.320. The molecule has 0 aromatic rings. The quantitative estimate of drug-likeness (QED) is 0.182. The van der Waals surface area contributed by atoms with Crippen LogP contribution >= 0.6 is 0 Å². The summed E-state index contributed by atoms with van der Waals surface area (Å²) in [7, 11) is 3.88. The van der Waals surface area contributed by atoms with Crippen molar-refractivity contribution in [3.05, 3.63) is 12.2 Å². The summed E-state index contributed by atoms with van der Waals surface area (Å²) in [5.74, 6) is 4.73. The van der Waals surface area contributed by atoms with Crippen molar-refractivity contribution in [1.29, 1.82) is 0 Å². The standard InChI is InChI=1S/C35H59NO4/c1-24(2)9-8-10-25(3)29-13-14-30-28-12-11-26-23-27(17-19-34(26,4)31(28)18-20-35(29,30)5)40-33(38)16-15-32(37)39-22-21-36(6)7/h11-12,24-31H,8-10,13-23H2,1-7H3. The van der Waals surface area contributed by atoms with Crippen molar-refractivity contribution >= 4 is 11.9 Å². The lowest BCUT2D eigenvalue weighted by Crippen LogP contribution is -2.52. The van der Waals surface area contributed by atoms with E-state index in [9.17, 15) is 9.59 Å². The monoisotopic (exact) mass is 557 g/mol. The zero-order valence-electron chi connectivity index (χ0n) is 26.8. The molecule has 0 radical (unpaired) electrons. The van der Waals surface area contributed by atoms with Gasteiger partial charge in [-0.1, -0.05) is 66.0 Å². The minimum Gasteiger partial charge on any atom is -0.464 e. The number of fused-ring (bicyclic) bond motifs is 5. The molecule has 0 N–H and O–H groups in total.